The van der Waals surface area contributed by atoms with E-state index in [1.807, 2.05) is 6.92 Å². The minimum absolute atomic E-state index is 0.0705. The molecule has 2 atom stereocenters. The Balaban J connectivity index is 1.62. The van der Waals surface area contributed by atoms with Crippen LogP contribution < -0.4 is 10.6 Å². The maximum atomic E-state index is 13.1. The van der Waals surface area contributed by atoms with Crippen molar-refractivity contribution in [2.75, 3.05) is 18.5 Å². The lowest BCUT2D eigenvalue weighted by Gasteiger charge is -2.43. The Hall–Kier alpha value is -2.90. The first kappa shape index (κ1) is 22.8. The number of ether oxygens (including phenoxy) is 1. The molecular formula is C23H31N3O5. The van der Waals surface area contributed by atoms with Crippen LogP contribution in [0.15, 0.2) is 24.3 Å². The quantitative estimate of drug-likeness (QED) is 0.533. The number of carbonyl (C=O) groups excluding carboxylic acids is 4. The van der Waals surface area contributed by atoms with Crippen molar-refractivity contribution in [1.82, 2.24) is 10.2 Å². The van der Waals surface area contributed by atoms with Gasteiger partial charge in [-0.3, -0.25) is 14.5 Å². The van der Waals surface area contributed by atoms with E-state index in [-0.39, 0.29) is 17.9 Å². The number of hydrogen-bond donors (Lipinski definition) is 2. The fraction of sp³-hybridized carbons (Fsp3) is 0.565. The Bertz CT molecular complexity index is 880. The molecule has 2 fully saturated rings. The molecule has 1 aromatic rings. The van der Waals surface area contributed by atoms with E-state index >= 15 is 0 Å². The molecule has 1 aliphatic heterocycles. The molecule has 1 aromatic carbocycles. The van der Waals surface area contributed by atoms with Gasteiger partial charge in [0.15, 0.2) is 0 Å². The summed E-state index contributed by atoms with van der Waals surface area (Å²) in [5, 5.41) is 5.54. The van der Waals surface area contributed by atoms with Crippen LogP contribution in [0.4, 0.5) is 10.5 Å². The van der Waals surface area contributed by atoms with Gasteiger partial charge in [0.2, 0.25) is 5.91 Å². The lowest BCUT2D eigenvalue weighted by Crippen LogP contribution is -2.54. The topological polar surface area (TPSA) is 105 Å². The van der Waals surface area contributed by atoms with Gasteiger partial charge >= 0.3 is 12.0 Å². The fourth-order valence-electron chi connectivity index (χ4n) is 4.96. The van der Waals surface area contributed by atoms with Crippen LogP contribution in [-0.2, 0) is 14.3 Å². The molecule has 4 amide bonds. The predicted molar refractivity (Wildman–Crippen MR) is 115 cm³/mol. The first-order valence-corrected chi connectivity index (χ1v) is 10.8. The molecule has 1 saturated carbocycles. The van der Waals surface area contributed by atoms with Gasteiger partial charge < -0.3 is 15.4 Å². The van der Waals surface area contributed by atoms with Crippen LogP contribution in [0.1, 0.15) is 63.7 Å². The lowest BCUT2D eigenvalue weighted by atomic mass is 9.64. The highest BCUT2D eigenvalue weighted by molar-refractivity contribution is 6.10. The molecule has 31 heavy (non-hydrogen) atoms. The average molecular weight is 430 g/mol. The lowest BCUT2D eigenvalue weighted by molar-refractivity contribution is -0.136. The summed E-state index contributed by atoms with van der Waals surface area (Å²) < 4.78 is 5.07. The molecule has 8 heteroatoms. The third kappa shape index (κ3) is 5.06. The van der Waals surface area contributed by atoms with Gasteiger partial charge in [-0.05, 0) is 61.3 Å². The zero-order valence-electron chi connectivity index (χ0n) is 18.6. The zero-order valence-corrected chi connectivity index (χ0v) is 18.6. The summed E-state index contributed by atoms with van der Waals surface area (Å²) in [6.45, 7) is 8.18. The number of nitrogens with zero attached hydrogens (tertiary/aromatic N) is 1. The number of esters is 1. The van der Waals surface area contributed by atoms with Gasteiger partial charge in [-0.25, -0.2) is 9.59 Å². The molecule has 3 rings (SSSR count). The highest BCUT2D eigenvalue weighted by Gasteiger charge is 2.56. The number of anilines is 1. The number of hydrogen-bond acceptors (Lipinski definition) is 5. The van der Waals surface area contributed by atoms with Gasteiger partial charge in [-0.15, -0.1) is 0 Å². The Labute approximate surface area is 182 Å². The highest BCUT2D eigenvalue weighted by atomic mass is 16.5. The standard InChI is InChI=1S/C23H31N3O5/c1-5-10-31-19(28)16-6-8-17(9-7-16)24-18(27)13-26-20(29)23(25-21(26)30)12-15(2)11-22(3,4)14-23/h6-9,15H,5,10-14H2,1-4H3,(H,24,27)(H,25,30). The van der Waals surface area contributed by atoms with Crippen LogP contribution in [0.5, 0.6) is 0 Å². The fourth-order valence-corrected chi connectivity index (χ4v) is 4.96. The number of carbonyl (C=O) groups is 4. The average Bonchev–Trinajstić information content (AvgIpc) is 2.88. The minimum atomic E-state index is -0.932. The van der Waals surface area contributed by atoms with E-state index in [4.69, 9.17) is 4.74 Å². The van der Waals surface area contributed by atoms with E-state index in [0.29, 0.717) is 36.6 Å². The summed E-state index contributed by atoms with van der Waals surface area (Å²) in [6.07, 6.45) is 2.86. The van der Waals surface area contributed by atoms with E-state index in [9.17, 15) is 19.2 Å². The third-order valence-electron chi connectivity index (χ3n) is 5.77. The number of benzene rings is 1. The van der Waals surface area contributed by atoms with Crippen molar-refractivity contribution < 1.29 is 23.9 Å². The summed E-state index contributed by atoms with van der Waals surface area (Å²) >= 11 is 0. The van der Waals surface area contributed by atoms with Crippen molar-refractivity contribution in [2.45, 2.75) is 58.9 Å². The van der Waals surface area contributed by atoms with E-state index < -0.39 is 23.4 Å². The summed E-state index contributed by atoms with van der Waals surface area (Å²) in [7, 11) is 0. The van der Waals surface area contributed by atoms with Crippen molar-refractivity contribution in [1.29, 1.82) is 0 Å². The summed E-state index contributed by atoms with van der Waals surface area (Å²) in [5.74, 6) is -0.940. The van der Waals surface area contributed by atoms with Crippen LogP contribution in [-0.4, -0.2) is 47.4 Å². The molecule has 1 heterocycles. The Morgan fingerprint density at radius 3 is 2.48 bits per heavy atom. The van der Waals surface area contributed by atoms with Crippen LogP contribution >= 0.6 is 0 Å². The zero-order chi connectivity index (χ0) is 22.8. The molecule has 1 spiro atoms. The summed E-state index contributed by atoms with van der Waals surface area (Å²) in [4.78, 5) is 51.0. The smallest absolute Gasteiger partial charge is 0.338 e. The van der Waals surface area contributed by atoms with Crippen LogP contribution in [0.3, 0.4) is 0 Å². The number of rotatable bonds is 6. The van der Waals surface area contributed by atoms with Crippen LogP contribution in [0.2, 0.25) is 0 Å². The van der Waals surface area contributed by atoms with E-state index in [2.05, 4.69) is 31.4 Å². The Kier molecular flexibility index (Phi) is 6.38. The molecule has 2 unspecified atom stereocenters. The number of imide groups is 1. The number of nitrogens with one attached hydrogen (secondary N) is 2. The predicted octanol–water partition coefficient (Wildman–Crippen LogP) is 3.33. The Morgan fingerprint density at radius 1 is 1.19 bits per heavy atom. The van der Waals surface area contributed by atoms with Crippen molar-refractivity contribution >= 4 is 29.5 Å². The second-order valence-corrected chi connectivity index (χ2v) is 9.52. The largest absolute Gasteiger partial charge is 0.462 e. The molecule has 2 N–H and O–H groups in total. The normalized spacial score (nSPS) is 24.8. The maximum absolute atomic E-state index is 13.1. The van der Waals surface area contributed by atoms with Gasteiger partial charge in [-0.1, -0.05) is 27.7 Å². The minimum Gasteiger partial charge on any atom is -0.462 e. The third-order valence-corrected chi connectivity index (χ3v) is 5.77. The van der Waals surface area contributed by atoms with E-state index in [0.717, 1.165) is 17.7 Å². The second kappa shape index (κ2) is 8.69. The molecule has 0 radical (unpaired) electrons. The van der Waals surface area contributed by atoms with Crippen LogP contribution in [0.25, 0.3) is 0 Å². The molecule has 0 bridgehead atoms. The van der Waals surface area contributed by atoms with E-state index in [1.165, 1.54) is 0 Å². The molecule has 0 aromatic heterocycles. The van der Waals surface area contributed by atoms with Crippen molar-refractivity contribution in [2.24, 2.45) is 11.3 Å². The SMILES string of the molecule is CCCOC(=O)c1ccc(NC(=O)CN2C(=O)NC3(CC(C)CC(C)(C)C3)C2=O)cc1. The van der Waals surface area contributed by atoms with Crippen molar-refractivity contribution in [3.63, 3.8) is 0 Å². The van der Waals surface area contributed by atoms with Gasteiger partial charge in [0.1, 0.15) is 12.1 Å². The molecule has 8 nitrogen and oxygen atoms in total. The van der Waals surface area contributed by atoms with Gasteiger partial charge in [-0.2, -0.15) is 0 Å². The molecular weight excluding hydrogens is 398 g/mol. The number of urea groups is 1. The van der Waals surface area contributed by atoms with Gasteiger partial charge in [0.05, 0.1) is 12.2 Å². The van der Waals surface area contributed by atoms with E-state index in [1.54, 1.807) is 24.3 Å². The second-order valence-electron chi connectivity index (χ2n) is 9.52. The number of amides is 4. The monoisotopic (exact) mass is 429 g/mol. The highest BCUT2D eigenvalue weighted by Crippen LogP contribution is 2.46. The summed E-state index contributed by atoms with van der Waals surface area (Å²) in [6, 6.07) is 5.75. The van der Waals surface area contributed by atoms with Gasteiger partial charge in [0.25, 0.3) is 5.91 Å². The summed E-state index contributed by atoms with van der Waals surface area (Å²) in [5.41, 5.74) is -0.152. The first-order valence-electron chi connectivity index (χ1n) is 10.8. The molecule has 2 aliphatic rings. The Morgan fingerprint density at radius 2 is 1.87 bits per heavy atom. The molecule has 1 saturated heterocycles. The molecule has 168 valence electrons. The van der Waals surface area contributed by atoms with Crippen LogP contribution in [0, 0.1) is 11.3 Å². The van der Waals surface area contributed by atoms with Crippen molar-refractivity contribution in [3.05, 3.63) is 29.8 Å². The maximum Gasteiger partial charge on any atom is 0.338 e. The first-order chi connectivity index (χ1) is 14.5. The van der Waals surface area contributed by atoms with Gasteiger partial charge in [0, 0.05) is 5.69 Å². The molecule has 1 aliphatic carbocycles. The van der Waals surface area contributed by atoms with Crippen molar-refractivity contribution in [3.8, 4) is 0 Å².